The Morgan fingerprint density at radius 1 is 1.24 bits per heavy atom. The SMILES string of the molecule is C[C@@H]1CCCC[C@H]1NC(=O)CSc1nc2ccccc2c(=O)n1C[C@@H]1CCCO1. The zero-order chi connectivity index (χ0) is 20.2. The minimum atomic E-state index is -0.0603. The molecule has 0 bridgehead atoms. The van der Waals surface area contributed by atoms with Gasteiger partial charge in [-0.15, -0.1) is 0 Å². The minimum absolute atomic E-state index is 0.0137. The van der Waals surface area contributed by atoms with Crippen molar-refractivity contribution < 1.29 is 9.53 Å². The number of para-hydroxylation sites is 1. The van der Waals surface area contributed by atoms with Gasteiger partial charge < -0.3 is 10.1 Å². The summed E-state index contributed by atoms with van der Waals surface area (Å²) in [6.45, 7) is 3.44. The molecule has 0 spiro atoms. The van der Waals surface area contributed by atoms with E-state index < -0.39 is 0 Å². The van der Waals surface area contributed by atoms with Crippen molar-refractivity contribution in [2.24, 2.45) is 5.92 Å². The maximum atomic E-state index is 13.1. The largest absolute Gasteiger partial charge is 0.376 e. The average Bonchev–Trinajstić information content (AvgIpc) is 3.24. The first-order valence-corrected chi connectivity index (χ1v) is 11.6. The van der Waals surface area contributed by atoms with E-state index in [-0.39, 0.29) is 29.4 Å². The summed E-state index contributed by atoms with van der Waals surface area (Å²) in [6.07, 6.45) is 6.65. The van der Waals surface area contributed by atoms with Crippen molar-refractivity contribution in [1.29, 1.82) is 0 Å². The van der Waals surface area contributed by atoms with Gasteiger partial charge >= 0.3 is 0 Å². The van der Waals surface area contributed by atoms with Crippen LogP contribution in [-0.4, -0.2) is 40.0 Å². The van der Waals surface area contributed by atoms with E-state index in [1.807, 2.05) is 24.3 Å². The van der Waals surface area contributed by atoms with E-state index in [0.29, 0.717) is 28.5 Å². The molecular weight excluding hydrogens is 386 g/mol. The van der Waals surface area contributed by atoms with Gasteiger partial charge in [0.15, 0.2) is 5.16 Å². The van der Waals surface area contributed by atoms with Gasteiger partial charge in [0, 0.05) is 12.6 Å². The standard InChI is InChI=1S/C22H29N3O3S/c1-15-7-2-4-10-18(15)23-20(26)14-29-22-24-19-11-5-3-9-17(19)21(27)25(22)13-16-8-6-12-28-16/h3,5,9,11,15-16,18H,2,4,6-8,10,12-14H2,1H3,(H,23,26)/t15-,16+,18-/m1/s1. The van der Waals surface area contributed by atoms with Crippen LogP contribution in [0.5, 0.6) is 0 Å². The van der Waals surface area contributed by atoms with Crippen LogP contribution in [0.25, 0.3) is 10.9 Å². The van der Waals surface area contributed by atoms with Crippen LogP contribution in [0.15, 0.2) is 34.2 Å². The molecule has 2 fully saturated rings. The fraction of sp³-hybridized carbons (Fsp3) is 0.591. The topological polar surface area (TPSA) is 73.2 Å². The average molecular weight is 416 g/mol. The van der Waals surface area contributed by atoms with Crippen molar-refractivity contribution in [1.82, 2.24) is 14.9 Å². The Labute approximate surface area is 175 Å². The van der Waals surface area contributed by atoms with Gasteiger partial charge in [-0.1, -0.05) is 43.7 Å². The van der Waals surface area contributed by atoms with E-state index in [1.54, 1.807) is 4.57 Å². The molecule has 1 saturated carbocycles. The lowest BCUT2D eigenvalue weighted by molar-refractivity contribution is -0.119. The lowest BCUT2D eigenvalue weighted by Crippen LogP contribution is -2.42. The first kappa shape index (κ1) is 20.4. The molecule has 0 radical (unpaired) electrons. The highest BCUT2D eigenvalue weighted by molar-refractivity contribution is 7.99. The summed E-state index contributed by atoms with van der Waals surface area (Å²) >= 11 is 1.34. The highest BCUT2D eigenvalue weighted by Gasteiger charge is 2.24. The van der Waals surface area contributed by atoms with Crippen molar-refractivity contribution in [3.63, 3.8) is 0 Å². The van der Waals surface area contributed by atoms with Crippen molar-refractivity contribution in [2.75, 3.05) is 12.4 Å². The van der Waals surface area contributed by atoms with E-state index in [0.717, 1.165) is 25.9 Å². The van der Waals surface area contributed by atoms with Gasteiger partial charge in [0.05, 0.1) is 29.3 Å². The van der Waals surface area contributed by atoms with E-state index >= 15 is 0 Å². The van der Waals surface area contributed by atoms with Crippen molar-refractivity contribution in [2.45, 2.75) is 69.3 Å². The lowest BCUT2D eigenvalue weighted by atomic mass is 9.86. The first-order chi connectivity index (χ1) is 14.1. The summed E-state index contributed by atoms with van der Waals surface area (Å²) in [6, 6.07) is 7.65. The van der Waals surface area contributed by atoms with Crippen LogP contribution in [0.1, 0.15) is 45.4 Å². The predicted octanol–water partition coefficient (Wildman–Crippen LogP) is 3.36. The second-order valence-corrected chi connectivity index (χ2v) is 9.13. The molecule has 2 aromatic rings. The van der Waals surface area contributed by atoms with E-state index in [9.17, 15) is 9.59 Å². The first-order valence-electron chi connectivity index (χ1n) is 10.6. The fourth-order valence-electron chi connectivity index (χ4n) is 4.32. The van der Waals surface area contributed by atoms with Gasteiger partial charge in [0.1, 0.15) is 0 Å². The van der Waals surface area contributed by atoms with Gasteiger partial charge in [-0.2, -0.15) is 0 Å². The molecule has 1 aliphatic carbocycles. The van der Waals surface area contributed by atoms with Crippen LogP contribution in [0.2, 0.25) is 0 Å². The zero-order valence-electron chi connectivity index (χ0n) is 16.9. The summed E-state index contributed by atoms with van der Waals surface area (Å²) in [5.41, 5.74) is 0.611. The molecule has 1 aromatic heterocycles. The molecule has 7 heteroatoms. The fourth-order valence-corrected chi connectivity index (χ4v) is 5.14. The number of amides is 1. The molecule has 1 aliphatic heterocycles. The molecule has 1 N–H and O–H groups in total. The Bertz CT molecular complexity index is 923. The number of hydrogen-bond acceptors (Lipinski definition) is 5. The summed E-state index contributed by atoms with van der Waals surface area (Å²) in [5.74, 6) is 0.800. The van der Waals surface area contributed by atoms with Crippen LogP contribution in [0.3, 0.4) is 0 Å². The molecule has 1 aromatic carbocycles. The Hall–Kier alpha value is -1.86. The Kier molecular flexibility index (Phi) is 6.55. The molecule has 4 rings (SSSR count). The molecule has 0 unspecified atom stereocenters. The molecule has 1 amide bonds. The number of hydrogen-bond donors (Lipinski definition) is 1. The molecule has 1 saturated heterocycles. The number of thioether (sulfide) groups is 1. The van der Waals surface area contributed by atoms with Crippen LogP contribution in [-0.2, 0) is 16.1 Å². The monoisotopic (exact) mass is 415 g/mol. The summed E-state index contributed by atoms with van der Waals surface area (Å²) in [5, 5.41) is 4.38. The third kappa shape index (κ3) is 4.83. The summed E-state index contributed by atoms with van der Waals surface area (Å²) in [4.78, 5) is 30.4. The number of carbonyl (C=O) groups is 1. The molecule has 3 atom stereocenters. The van der Waals surface area contributed by atoms with E-state index in [2.05, 4.69) is 12.2 Å². The van der Waals surface area contributed by atoms with Crippen molar-refractivity contribution >= 4 is 28.6 Å². The minimum Gasteiger partial charge on any atom is -0.376 e. The second kappa shape index (κ2) is 9.30. The predicted molar refractivity (Wildman–Crippen MR) is 115 cm³/mol. The number of carbonyl (C=O) groups excluding carboxylic acids is 1. The number of nitrogens with zero attached hydrogens (tertiary/aromatic N) is 2. The molecule has 6 nitrogen and oxygen atoms in total. The van der Waals surface area contributed by atoms with E-state index in [1.165, 1.54) is 31.0 Å². The maximum absolute atomic E-state index is 13.1. The smallest absolute Gasteiger partial charge is 0.262 e. The van der Waals surface area contributed by atoms with Gasteiger partial charge in [0.25, 0.3) is 5.56 Å². The number of nitrogens with one attached hydrogen (secondary N) is 1. The lowest BCUT2D eigenvalue weighted by Gasteiger charge is -2.29. The quantitative estimate of drug-likeness (QED) is 0.578. The van der Waals surface area contributed by atoms with Crippen LogP contribution in [0.4, 0.5) is 0 Å². The van der Waals surface area contributed by atoms with Gasteiger partial charge in [-0.25, -0.2) is 4.98 Å². The molecule has 2 heterocycles. The number of fused-ring (bicyclic) bond motifs is 1. The van der Waals surface area contributed by atoms with Crippen LogP contribution >= 0.6 is 11.8 Å². The highest BCUT2D eigenvalue weighted by Crippen LogP contribution is 2.25. The maximum Gasteiger partial charge on any atom is 0.262 e. The molecular formula is C22H29N3O3S. The normalized spacial score (nSPS) is 24.7. The Morgan fingerprint density at radius 3 is 2.86 bits per heavy atom. The van der Waals surface area contributed by atoms with Crippen LogP contribution < -0.4 is 10.9 Å². The second-order valence-electron chi connectivity index (χ2n) is 8.19. The molecule has 29 heavy (non-hydrogen) atoms. The highest BCUT2D eigenvalue weighted by atomic mass is 32.2. The third-order valence-corrected chi connectivity index (χ3v) is 7.00. The van der Waals surface area contributed by atoms with E-state index in [4.69, 9.17) is 9.72 Å². The summed E-state index contributed by atoms with van der Waals surface area (Å²) < 4.78 is 7.43. The van der Waals surface area contributed by atoms with Crippen molar-refractivity contribution in [3.05, 3.63) is 34.6 Å². The zero-order valence-corrected chi connectivity index (χ0v) is 17.7. The molecule has 156 valence electrons. The van der Waals surface area contributed by atoms with Crippen molar-refractivity contribution in [3.8, 4) is 0 Å². The number of aromatic nitrogens is 2. The number of ether oxygens (including phenoxy) is 1. The van der Waals surface area contributed by atoms with Gasteiger partial charge in [0.2, 0.25) is 5.91 Å². The third-order valence-electron chi connectivity index (χ3n) is 6.03. The number of rotatable bonds is 6. The molecule has 2 aliphatic rings. The Morgan fingerprint density at radius 2 is 2.07 bits per heavy atom. The van der Waals surface area contributed by atoms with Crippen LogP contribution in [0, 0.1) is 5.92 Å². The Balaban J connectivity index is 1.51. The summed E-state index contributed by atoms with van der Waals surface area (Å²) in [7, 11) is 0. The van der Waals surface area contributed by atoms with Gasteiger partial charge in [-0.3, -0.25) is 14.2 Å². The number of benzene rings is 1. The van der Waals surface area contributed by atoms with Gasteiger partial charge in [-0.05, 0) is 43.7 Å².